The summed E-state index contributed by atoms with van der Waals surface area (Å²) in [6.07, 6.45) is -1.38. The van der Waals surface area contributed by atoms with Gasteiger partial charge in [0.1, 0.15) is 0 Å². The third-order valence-corrected chi connectivity index (χ3v) is 1.53. The van der Waals surface area contributed by atoms with Gasteiger partial charge in [0.15, 0.2) is 5.78 Å². The minimum atomic E-state index is -1.38. The average molecular weight is 213 g/mol. The topological polar surface area (TPSA) is 72.5 Å². The maximum Gasteiger partial charge on any atom is 0.334 e. The Hall–Kier alpha value is -1.65. The molecule has 0 aromatic rings. The number of hydrogen-bond donors (Lipinski definition) is 1. The first-order valence-electron chi connectivity index (χ1n) is 4.54. The van der Waals surface area contributed by atoms with Gasteiger partial charge in [-0.15, -0.1) is 0 Å². The van der Waals surface area contributed by atoms with Gasteiger partial charge in [0.25, 0.3) is 5.91 Å². The van der Waals surface area contributed by atoms with Gasteiger partial charge in [-0.2, -0.15) is 0 Å². The van der Waals surface area contributed by atoms with Crippen LogP contribution in [0.4, 0.5) is 0 Å². The molecule has 0 aliphatic heterocycles. The molecule has 0 saturated carbocycles. The van der Waals surface area contributed by atoms with Crippen LogP contribution in [0.15, 0.2) is 12.2 Å². The molecule has 0 aliphatic carbocycles. The highest BCUT2D eigenvalue weighted by molar-refractivity contribution is 6.05. The first-order valence-corrected chi connectivity index (χ1v) is 4.54. The molecule has 0 aromatic carbocycles. The number of amides is 1. The fourth-order valence-corrected chi connectivity index (χ4v) is 0.796. The van der Waals surface area contributed by atoms with Crippen molar-refractivity contribution in [2.45, 2.75) is 26.9 Å². The molecule has 0 saturated heterocycles. The standard InChI is InChI=1S/C10H15NO4/c1-5-11-9(13)8(7(4)12)15-10(14)6(2)3/h8H,2,5H2,1,3-4H3,(H,11,13). The van der Waals surface area contributed by atoms with Crippen molar-refractivity contribution in [1.29, 1.82) is 0 Å². The molecule has 0 rings (SSSR count). The lowest BCUT2D eigenvalue weighted by Gasteiger charge is -2.14. The van der Waals surface area contributed by atoms with E-state index in [1.807, 2.05) is 0 Å². The first kappa shape index (κ1) is 13.4. The lowest BCUT2D eigenvalue weighted by Crippen LogP contribution is -2.42. The smallest absolute Gasteiger partial charge is 0.334 e. The Balaban J connectivity index is 4.55. The number of nitrogens with one attached hydrogen (secondary N) is 1. The number of ketones is 1. The number of carbonyl (C=O) groups excluding carboxylic acids is 3. The SMILES string of the molecule is C=C(C)C(=O)OC(C(C)=O)C(=O)NCC. The zero-order valence-corrected chi connectivity index (χ0v) is 9.12. The van der Waals surface area contributed by atoms with E-state index >= 15 is 0 Å². The Kier molecular flexibility index (Phi) is 5.30. The normalized spacial score (nSPS) is 11.4. The zero-order valence-electron chi connectivity index (χ0n) is 9.12. The van der Waals surface area contributed by atoms with E-state index in [-0.39, 0.29) is 5.57 Å². The fraction of sp³-hybridized carbons (Fsp3) is 0.500. The van der Waals surface area contributed by atoms with Crippen LogP contribution in [0.1, 0.15) is 20.8 Å². The second-order valence-electron chi connectivity index (χ2n) is 3.07. The molecule has 0 heterocycles. The van der Waals surface area contributed by atoms with Crippen LogP contribution in [0.3, 0.4) is 0 Å². The van der Waals surface area contributed by atoms with Gasteiger partial charge in [-0.05, 0) is 20.8 Å². The molecule has 1 unspecified atom stereocenters. The second-order valence-corrected chi connectivity index (χ2v) is 3.07. The molecule has 0 radical (unpaired) electrons. The molecule has 0 spiro atoms. The highest BCUT2D eigenvalue weighted by Gasteiger charge is 2.26. The molecular weight excluding hydrogens is 198 g/mol. The lowest BCUT2D eigenvalue weighted by atomic mass is 10.2. The summed E-state index contributed by atoms with van der Waals surface area (Å²) in [7, 11) is 0. The van der Waals surface area contributed by atoms with Crippen LogP contribution in [0.2, 0.25) is 0 Å². The number of carbonyl (C=O) groups is 3. The van der Waals surface area contributed by atoms with E-state index in [1.54, 1.807) is 6.92 Å². The molecule has 1 amide bonds. The molecular formula is C10H15NO4. The molecule has 84 valence electrons. The van der Waals surface area contributed by atoms with Crippen molar-refractivity contribution in [1.82, 2.24) is 5.32 Å². The molecule has 0 aromatic heterocycles. The van der Waals surface area contributed by atoms with Gasteiger partial charge in [0.05, 0.1) is 0 Å². The molecule has 5 heteroatoms. The van der Waals surface area contributed by atoms with Crippen molar-refractivity contribution in [3.05, 3.63) is 12.2 Å². The van der Waals surface area contributed by atoms with Crippen LogP contribution >= 0.6 is 0 Å². The van der Waals surface area contributed by atoms with Gasteiger partial charge in [0.2, 0.25) is 6.10 Å². The Bertz CT molecular complexity index is 296. The third kappa shape index (κ3) is 4.39. The van der Waals surface area contributed by atoms with Crippen LogP contribution in [-0.2, 0) is 19.1 Å². The second kappa shape index (κ2) is 5.95. The predicted octanol–water partition coefficient (Wildman–Crippen LogP) is 0.199. The van der Waals surface area contributed by atoms with Gasteiger partial charge in [-0.3, -0.25) is 9.59 Å². The first-order chi connectivity index (χ1) is 6.90. The molecule has 0 fully saturated rings. The number of hydrogen-bond acceptors (Lipinski definition) is 4. The number of Topliss-reactive ketones (excluding diaryl/α,β-unsaturated/α-hetero) is 1. The van der Waals surface area contributed by atoms with Crippen LogP contribution in [0.5, 0.6) is 0 Å². The van der Waals surface area contributed by atoms with Gasteiger partial charge < -0.3 is 10.1 Å². The van der Waals surface area contributed by atoms with Crippen molar-refractivity contribution in [2.75, 3.05) is 6.54 Å². The van der Waals surface area contributed by atoms with E-state index in [0.29, 0.717) is 6.54 Å². The van der Waals surface area contributed by atoms with E-state index in [2.05, 4.69) is 16.6 Å². The molecule has 1 atom stereocenters. The number of likely N-dealkylation sites (N-methyl/N-ethyl adjacent to an activating group) is 1. The summed E-state index contributed by atoms with van der Waals surface area (Å²) in [5, 5.41) is 2.40. The summed E-state index contributed by atoms with van der Waals surface area (Å²) in [5.41, 5.74) is 0.144. The minimum Gasteiger partial charge on any atom is -0.441 e. The average Bonchev–Trinajstić information content (AvgIpc) is 2.13. The number of rotatable bonds is 5. The van der Waals surface area contributed by atoms with Crippen molar-refractivity contribution >= 4 is 17.7 Å². The monoisotopic (exact) mass is 213 g/mol. The zero-order chi connectivity index (χ0) is 12.0. The largest absolute Gasteiger partial charge is 0.441 e. The van der Waals surface area contributed by atoms with Gasteiger partial charge in [-0.25, -0.2) is 4.79 Å². The van der Waals surface area contributed by atoms with E-state index in [1.165, 1.54) is 13.8 Å². The Morgan fingerprint density at radius 3 is 2.20 bits per heavy atom. The summed E-state index contributed by atoms with van der Waals surface area (Å²) in [5.74, 6) is -1.88. The minimum absolute atomic E-state index is 0.144. The van der Waals surface area contributed by atoms with Crippen LogP contribution in [0.25, 0.3) is 0 Å². The van der Waals surface area contributed by atoms with E-state index in [4.69, 9.17) is 0 Å². The van der Waals surface area contributed by atoms with Crippen LogP contribution in [0, 0.1) is 0 Å². The summed E-state index contributed by atoms with van der Waals surface area (Å²) in [6.45, 7) is 8.06. The maximum atomic E-state index is 11.3. The highest BCUT2D eigenvalue weighted by atomic mass is 16.6. The molecule has 0 bridgehead atoms. The Morgan fingerprint density at radius 1 is 1.33 bits per heavy atom. The molecule has 5 nitrogen and oxygen atoms in total. The van der Waals surface area contributed by atoms with Gasteiger partial charge in [0, 0.05) is 12.1 Å². The summed E-state index contributed by atoms with van der Waals surface area (Å²) >= 11 is 0. The summed E-state index contributed by atoms with van der Waals surface area (Å²) < 4.78 is 4.69. The van der Waals surface area contributed by atoms with Crippen molar-refractivity contribution in [3.8, 4) is 0 Å². The molecule has 0 aliphatic rings. The number of esters is 1. The van der Waals surface area contributed by atoms with E-state index in [9.17, 15) is 14.4 Å². The quantitative estimate of drug-likeness (QED) is 0.402. The Labute approximate surface area is 88.5 Å². The van der Waals surface area contributed by atoms with Crippen LogP contribution in [-0.4, -0.2) is 30.3 Å². The highest BCUT2D eigenvalue weighted by Crippen LogP contribution is 2.00. The fourth-order valence-electron chi connectivity index (χ4n) is 0.796. The van der Waals surface area contributed by atoms with Crippen LogP contribution < -0.4 is 5.32 Å². The van der Waals surface area contributed by atoms with Crippen molar-refractivity contribution < 1.29 is 19.1 Å². The summed E-state index contributed by atoms with van der Waals surface area (Å²) in [4.78, 5) is 33.5. The maximum absolute atomic E-state index is 11.3. The van der Waals surface area contributed by atoms with E-state index in [0.717, 1.165) is 0 Å². The summed E-state index contributed by atoms with van der Waals surface area (Å²) in [6, 6.07) is 0. The molecule has 1 N–H and O–H groups in total. The van der Waals surface area contributed by atoms with Gasteiger partial charge >= 0.3 is 5.97 Å². The van der Waals surface area contributed by atoms with Gasteiger partial charge in [-0.1, -0.05) is 6.58 Å². The lowest BCUT2D eigenvalue weighted by molar-refractivity contribution is -0.157. The predicted molar refractivity (Wildman–Crippen MR) is 54.1 cm³/mol. The van der Waals surface area contributed by atoms with Crippen molar-refractivity contribution in [3.63, 3.8) is 0 Å². The Morgan fingerprint density at radius 2 is 1.87 bits per heavy atom. The van der Waals surface area contributed by atoms with E-state index < -0.39 is 23.8 Å². The molecule has 15 heavy (non-hydrogen) atoms. The van der Waals surface area contributed by atoms with Crippen molar-refractivity contribution in [2.24, 2.45) is 0 Å². The third-order valence-electron chi connectivity index (χ3n) is 1.53. The number of ether oxygens (including phenoxy) is 1.